The average molecular weight is 279 g/mol. The molecule has 1 aromatic heterocycles. The van der Waals surface area contributed by atoms with E-state index in [4.69, 9.17) is 0 Å². The molecular weight excluding hydrogens is 269 g/mol. The highest BCUT2D eigenvalue weighted by molar-refractivity contribution is 14.1. The van der Waals surface area contributed by atoms with Gasteiger partial charge in [0, 0.05) is 9.26 Å². The van der Waals surface area contributed by atoms with E-state index in [0.717, 1.165) is 14.8 Å². The van der Waals surface area contributed by atoms with E-state index in [9.17, 15) is 4.79 Å². The third-order valence-corrected chi connectivity index (χ3v) is 3.35. The molecule has 12 heavy (non-hydrogen) atoms. The third kappa shape index (κ3) is 1.48. The molecule has 0 atom stereocenters. The predicted molar refractivity (Wildman–Crippen MR) is 54.3 cm³/mol. The summed E-state index contributed by atoms with van der Waals surface area (Å²) in [5.74, 6) is -0.307. The SMILES string of the molecule is COC(=O)c1[nH]c(C)c(I)c1C. The molecule has 0 spiro atoms. The Morgan fingerprint density at radius 3 is 2.42 bits per heavy atom. The molecule has 0 aromatic carbocycles. The molecule has 0 saturated carbocycles. The Balaban J connectivity index is 3.17. The fraction of sp³-hybridized carbons (Fsp3) is 0.375. The predicted octanol–water partition coefficient (Wildman–Crippen LogP) is 2.02. The Kier molecular flexibility index (Phi) is 2.76. The summed E-state index contributed by atoms with van der Waals surface area (Å²) in [4.78, 5) is 14.1. The number of hydrogen-bond acceptors (Lipinski definition) is 2. The van der Waals surface area contributed by atoms with E-state index in [1.165, 1.54) is 7.11 Å². The van der Waals surface area contributed by atoms with Gasteiger partial charge in [-0.25, -0.2) is 4.79 Å². The van der Waals surface area contributed by atoms with Gasteiger partial charge in [0.2, 0.25) is 0 Å². The second-order valence-corrected chi connectivity index (χ2v) is 3.63. The fourth-order valence-electron chi connectivity index (χ4n) is 1.03. The number of carbonyl (C=O) groups is 1. The monoisotopic (exact) mass is 279 g/mol. The quantitative estimate of drug-likeness (QED) is 0.631. The highest BCUT2D eigenvalue weighted by Crippen LogP contribution is 2.19. The van der Waals surface area contributed by atoms with Crippen LogP contribution in [-0.2, 0) is 4.74 Å². The van der Waals surface area contributed by atoms with Crippen LogP contribution in [0.15, 0.2) is 0 Å². The molecule has 1 N–H and O–H groups in total. The minimum absolute atomic E-state index is 0.307. The van der Waals surface area contributed by atoms with Crippen molar-refractivity contribution in [3.63, 3.8) is 0 Å². The van der Waals surface area contributed by atoms with E-state index in [1.54, 1.807) is 0 Å². The van der Waals surface area contributed by atoms with Gasteiger partial charge >= 0.3 is 5.97 Å². The smallest absolute Gasteiger partial charge is 0.354 e. The summed E-state index contributed by atoms with van der Waals surface area (Å²) >= 11 is 2.20. The third-order valence-electron chi connectivity index (χ3n) is 1.74. The summed E-state index contributed by atoms with van der Waals surface area (Å²) in [5, 5.41) is 0. The molecule has 3 nitrogen and oxygen atoms in total. The average Bonchev–Trinajstić information content (AvgIpc) is 2.32. The van der Waals surface area contributed by atoms with Crippen molar-refractivity contribution in [2.75, 3.05) is 7.11 Å². The van der Waals surface area contributed by atoms with E-state index in [-0.39, 0.29) is 5.97 Å². The van der Waals surface area contributed by atoms with Gasteiger partial charge in [-0.3, -0.25) is 0 Å². The highest BCUT2D eigenvalue weighted by atomic mass is 127. The van der Waals surface area contributed by atoms with Crippen LogP contribution in [0.5, 0.6) is 0 Å². The summed E-state index contributed by atoms with van der Waals surface area (Å²) in [6.45, 7) is 3.83. The maximum Gasteiger partial charge on any atom is 0.354 e. The van der Waals surface area contributed by atoms with Crippen molar-refractivity contribution in [2.24, 2.45) is 0 Å². The summed E-state index contributed by atoms with van der Waals surface area (Å²) in [6, 6.07) is 0. The number of H-pyrrole nitrogens is 1. The zero-order valence-corrected chi connectivity index (χ0v) is 9.35. The highest BCUT2D eigenvalue weighted by Gasteiger charge is 2.15. The lowest BCUT2D eigenvalue weighted by atomic mass is 10.3. The van der Waals surface area contributed by atoms with E-state index in [2.05, 4.69) is 32.3 Å². The van der Waals surface area contributed by atoms with Crippen LogP contribution in [0.4, 0.5) is 0 Å². The van der Waals surface area contributed by atoms with Crippen molar-refractivity contribution in [3.8, 4) is 0 Å². The van der Waals surface area contributed by atoms with Gasteiger partial charge < -0.3 is 9.72 Å². The largest absolute Gasteiger partial charge is 0.464 e. The minimum atomic E-state index is -0.307. The Morgan fingerprint density at radius 1 is 1.50 bits per heavy atom. The molecular formula is C8H10INO2. The minimum Gasteiger partial charge on any atom is -0.464 e. The fourth-order valence-corrected chi connectivity index (χ4v) is 1.44. The summed E-state index contributed by atoms with van der Waals surface area (Å²) in [7, 11) is 1.38. The van der Waals surface area contributed by atoms with Crippen LogP contribution >= 0.6 is 22.6 Å². The van der Waals surface area contributed by atoms with Crippen molar-refractivity contribution in [3.05, 3.63) is 20.5 Å². The Hall–Kier alpha value is -0.520. The molecule has 66 valence electrons. The van der Waals surface area contributed by atoms with Gasteiger partial charge in [-0.15, -0.1) is 0 Å². The van der Waals surface area contributed by atoms with Crippen LogP contribution in [0, 0.1) is 17.4 Å². The second-order valence-electron chi connectivity index (χ2n) is 2.56. The van der Waals surface area contributed by atoms with Crippen LogP contribution in [0.3, 0.4) is 0 Å². The number of aromatic amines is 1. The number of ether oxygens (including phenoxy) is 1. The summed E-state index contributed by atoms with van der Waals surface area (Å²) < 4.78 is 5.70. The number of carbonyl (C=O) groups excluding carboxylic acids is 1. The van der Waals surface area contributed by atoms with Crippen molar-refractivity contribution < 1.29 is 9.53 Å². The molecule has 0 radical (unpaired) electrons. The maximum absolute atomic E-state index is 11.1. The van der Waals surface area contributed by atoms with E-state index < -0.39 is 0 Å². The number of rotatable bonds is 1. The number of hydrogen-bond donors (Lipinski definition) is 1. The van der Waals surface area contributed by atoms with Crippen molar-refractivity contribution in [2.45, 2.75) is 13.8 Å². The van der Waals surface area contributed by atoms with Crippen LogP contribution in [-0.4, -0.2) is 18.1 Å². The van der Waals surface area contributed by atoms with Gasteiger partial charge in [-0.05, 0) is 42.0 Å². The first-order chi connectivity index (χ1) is 5.57. The van der Waals surface area contributed by atoms with Crippen molar-refractivity contribution in [1.82, 2.24) is 4.98 Å². The Labute approximate surface area is 84.6 Å². The lowest BCUT2D eigenvalue weighted by molar-refractivity contribution is 0.0594. The molecule has 0 aliphatic heterocycles. The van der Waals surface area contributed by atoms with Crippen LogP contribution in [0.25, 0.3) is 0 Å². The molecule has 4 heteroatoms. The van der Waals surface area contributed by atoms with E-state index >= 15 is 0 Å². The topological polar surface area (TPSA) is 42.1 Å². The summed E-state index contributed by atoms with van der Waals surface area (Å²) in [5.41, 5.74) is 2.52. The molecule has 1 rings (SSSR count). The van der Waals surface area contributed by atoms with Gasteiger partial charge in [0.15, 0.2) is 0 Å². The van der Waals surface area contributed by atoms with Gasteiger partial charge in [0.25, 0.3) is 0 Å². The maximum atomic E-state index is 11.1. The van der Waals surface area contributed by atoms with Crippen LogP contribution in [0.1, 0.15) is 21.7 Å². The molecule has 0 saturated heterocycles. The summed E-state index contributed by atoms with van der Waals surface area (Å²) in [6.07, 6.45) is 0. The zero-order chi connectivity index (χ0) is 9.30. The molecule has 0 bridgehead atoms. The molecule has 0 unspecified atom stereocenters. The van der Waals surface area contributed by atoms with Gasteiger partial charge in [-0.2, -0.15) is 0 Å². The van der Waals surface area contributed by atoms with E-state index in [0.29, 0.717) is 5.69 Å². The number of aryl methyl sites for hydroxylation is 1. The molecule has 1 heterocycles. The standard InChI is InChI=1S/C8H10INO2/c1-4-6(9)5(2)10-7(4)8(11)12-3/h10H,1-3H3. The van der Waals surface area contributed by atoms with Gasteiger partial charge in [0.05, 0.1) is 7.11 Å². The number of methoxy groups -OCH3 is 1. The van der Waals surface area contributed by atoms with Crippen molar-refractivity contribution in [1.29, 1.82) is 0 Å². The van der Waals surface area contributed by atoms with Crippen molar-refractivity contribution >= 4 is 28.6 Å². The van der Waals surface area contributed by atoms with E-state index in [1.807, 2.05) is 13.8 Å². The Morgan fingerprint density at radius 2 is 2.08 bits per heavy atom. The normalized spacial score (nSPS) is 10.0. The Bertz CT molecular complexity index is 317. The second kappa shape index (κ2) is 3.47. The first-order valence-corrected chi connectivity index (χ1v) is 4.58. The molecule has 0 aliphatic carbocycles. The molecule has 0 amide bonds. The molecule has 0 fully saturated rings. The number of aromatic nitrogens is 1. The zero-order valence-electron chi connectivity index (χ0n) is 7.19. The first-order valence-electron chi connectivity index (χ1n) is 3.51. The van der Waals surface area contributed by atoms with Gasteiger partial charge in [-0.1, -0.05) is 0 Å². The van der Waals surface area contributed by atoms with Gasteiger partial charge in [0.1, 0.15) is 5.69 Å². The molecule has 0 aliphatic rings. The lowest BCUT2D eigenvalue weighted by Crippen LogP contribution is -2.03. The van der Waals surface area contributed by atoms with Crippen LogP contribution < -0.4 is 0 Å². The first kappa shape index (κ1) is 9.57. The number of nitrogens with one attached hydrogen (secondary N) is 1. The molecule has 1 aromatic rings. The lowest BCUT2D eigenvalue weighted by Gasteiger charge is -1.95. The van der Waals surface area contributed by atoms with Crippen LogP contribution in [0.2, 0.25) is 0 Å². The number of halogens is 1. The number of esters is 1.